The Kier molecular flexibility index (Phi) is 5.86. The molecule has 0 fully saturated rings. The van der Waals surface area contributed by atoms with E-state index in [0.29, 0.717) is 28.9 Å². The number of amides is 1. The molecule has 6 heteroatoms. The Hall–Kier alpha value is -2.86. The number of benzene rings is 2. The van der Waals surface area contributed by atoms with E-state index >= 15 is 0 Å². The second-order valence-corrected chi connectivity index (χ2v) is 6.79. The van der Waals surface area contributed by atoms with Gasteiger partial charge in [-0.1, -0.05) is 47.7 Å². The number of anilines is 2. The Bertz CT molecular complexity index is 878. The van der Waals surface area contributed by atoms with Gasteiger partial charge in [-0.3, -0.25) is 4.79 Å². The second kappa shape index (κ2) is 8.49. The van der Waals surface area contributed by atoms with Crippen molar-refractivity contribution in [1.82, 2.24) is 4.98 Å². The Morgan fingerprint density at radius 3 is 2.58 bits per heavy atom. The summed E-state index contributed by atoms with van der Waals surface area (Å²) in [6.45, 7) is 4.99. The minimum Gasteiger partial charge on any atom is -0.491 e. The summed E-state index contributed by atoms with van der Waals surface area (Å²) in [6, 6.07) is 17.3. The van der Waals surface area contributed by atoms with Crippen molar-refractivity contribution in [2.24, 2.45) is 0 Å². The Balaban J connectivity index is 1.53. The largest absolute Gasteiger partial charge is 0.491 e. The highest BCUT2D eigenvalue weighted by atomic mass is 32.1. The molecule has 134 valence electrons. The van der Waals surface area contributed by atoms with Crippen LogP contribution in [0.4, 0.5) is 10.8 Å². The fraction of sp³-hybridized carbons (Fsp3) is 0.200. The lowest BCUT2D eigenvalue weighted by molar-refractivity contribution is 0.103. The third kappa shape index (κ3) is 4.61. The van der Waals surface area contributed by atoms with Crippen molar-refractivity contribution < 1.29 is 9.53 Å². The van der Waals surface area contributed by atoms with Gasteiger partial charge in [0.05, 0.1) is 12.2 Å². The number of aromatic nitrogens is 1. The third-order valence-electron chi connectivity index (χ3n) is 3.76. The fourth-order valence-corrected chi connectivity index (χ4v) is 3.32. The maximum absolute atomic E-state index is 12.4. The van der Waals surface area contributed by atoms with Crippen LogP contribution >= 0.6 is 11.3 Å². The molecule has 1 heterocycles. The second-order valence-electron chi connectivity index (χ2n) is 5.79. The van der Waals surface area contributed by atoms with Crippen LogP contribution in [0.15, 0.2) is 54.6 Å². The van der Waals surface area contributed by atoms with Gasteiger partial charge >= 0.3 is 0 Å². The summed E-state index contributed by atoms with van der Waals surface area (Å²) in [4.78, 5) is 17.4. The number of nitrogens with one attached hydrogen (secondary N) is 2. The first-order valence-electron chi connectivity index (χ1n) is 8.39. The van der Waals surface area contributed by atoms with E-state index in [1.807, 2.05) is 68.4 Å². The number of thiazole rings is 1. The summed E-state index contributed by atoms with van der Waals surface area (Å²) in [5, 5.41) is 6.82. The van der Waals surface area contributed by atoms with Crippen LogP contribution in [0.1, 0.15) is 20.9 Å². The topological polar surface area (TPSA) is 63.2 Å². The van der Waals surface area contributed by atoms with Crippen molar-refractivity contribution in [3.05, 3.63) is 70.7 Å². The molecule has 1 aromatic heterocycles. The third-order valence-corrected chi connectivity index (χ3v) is 4.88. The summed E-state index contributed by atoms with van der Waals surface area (Å²) in [6.07, 6.45) is 0. The fourth-order valence-electron chi connectivity index (χ4n) is 2.43. The van der Waals surface area contributed by atoms with Crippen LogP contribution in [0, 0.1) is 13.8 Å². The molecule has 0 aliphatic heterocycles. The molecule has 2 aromatic carbocycles. The minimum absolute atomic E-state index is 0.143. The molecule has 0 saturated heterocycles. The minimum atomic E-state index is -0.143. The summed E-state index contributed by atoms with van der Waals surface area (Å²) < 4.78 is 5.76. The molecular formula is C20H21N3O2S. The Morgan fingerprint density at radius 2 is 1.81 bits per heavy atom. The van der Waals surface area contributed by atoms with Gasteiger partial charge in [-0.25, -0.2) is 4.98 Å². The quantitative estimate of drug-likeness (QED) is 0.604. The first-order valence-corrected chi connectivity index (χ1v) is 9.21. The van der Waals surface area contributed by atoms with E-state index < -0.39 is 0 Å². The molecule has 0 radical (unpaired) electrons. The highest BCUT2D eigenvalue weighted by Gasteiger charge is 2.15. The summed E-state index contributed by atoms with van der Waals surface area (Å²) in [5.74, 6) is 0.739. The van der Waals surface area contributed by atoms with Crippen LogP contribution in [-0.4, -0.2) is 24.0 Å². The van der Waals surface area contributed by atoms with Gasteiger partial charge in [0.1, 0.15) is 17.2 Å². The molecule has 0 atom stereocenters. The number of carbonyl (C=O) groups is 1. The molecule has 0 aliphatic carbocycles. The molecule has 3 aromatic rings. The van der Waals surface area contributed by atoms with Crippen molar-refractivity contribution in [2.75, 3.05) is 23.8 Å². The van der Waals surface area contributed by atoms with Gasteiger partial charge in [-0.15, -0.1) is 0 Å². The molecule has 1 amide bonds. The summed E-state index contributed by atoms with van der Waals surface area (Å²) >= 11 is 1.35. The molecule has 26 heavy (non-hydrogen) atoms. The standard InChI is InChI=1S/C20H21N3O2S/c1-14-8-6-7-11-17(14)25-13-12-21-20-22-15(2)18(26-20)19(24)23-16-9-4-3-5-10-16/h3-11H,12-13H2,1-2H3,(H,21,22)(H,23,24). The van der Waals surface area contributed by atoms with Gasteiger partial charge in [0.15, 0.2) is 5.13 Å². The maximum Gasteiger partial charge on any atom is 0.267 e. The predicted octanol–water partition coefficient (Wildman–Crippen LogP) is 4.50. The molecule has 0 bridgehead atoms. The molecule has 0 unspecified atom stereocenters. The van der Waals surface area contributed by atoms with E-state index in [4.69, 9.17) is 4.74 Å². The summed E-state index contributed by atoms with van der Waals surface area (Å²) in [5.41, 5.74) is 2.59. The van der Waals surface area contributed by atoms with Crippen LogP contribution in [0.3, 0.4) is 0 Å². The van der Waals surface area contributed by atoms with Crippen LogP contribution in [0.25, 0.3) is 0 Å². The SMILES string of the molecule is Cc1ccccc1OCCNc1nc(C)c(C(=O)Nc2ccccc2)s1. The summed E-state index contributed by atoms with van der Waals surface area (Å²) in [7, 11) is 0. The van der Waals surface area contributed by atoms with Crippen LogP contribution in [-0.2, 0) is 0 Å². The average molecular weight is 367 g/mol. The highest BCUT2D eigenvalue weighted by molar-refractivity contribution is 7.17. The van der Waals surface area contributed by atoms with Crippen molar-refractivity contribution >= 4 is 28.1 Å². The van der Waals surface area contributed by atoms with E-state index in [0.717, 1.165) is 17.0 Å². The number of hydrogen-bond donors (Lipinski definition) is 2. The van der Waals surface area contributed by atoms with Crippen molar-refractivity contribution in [3.8, 4) is 5.75 Å². The lowest BCUT2D eigenvalue weighted by atomic mass is 10.2. The molecule has 5 nitrogen and oxygen atoms in total. The van der Waals surface area contributed by atoms with Gasteiger partial charge < -0.3 is 15.4 Å². The van der Waals surface area contributed by atoms with E-state index in [-0.39, 0.29) is 5.91 Å². The van der Waals surface area contributed by atoms with Crippen LogP contribution in [0.5, 0.6) is 5.75 Å². The first-order chi connectivity index (χ1) is 12.6. The van der Waals surface area contributed by atoms with Crippen molar-refractivity contribution in [3.63, 3.8) is 0 Å². The zero-order valence-electron chi connectivity index (χ0n) is 14.8. The first kappa shape index (κ1) is 17.9. The van der Waals surface area contributed by atoms with Gasteiger partial charge in [0.25, 0.3) is 5.91 Å². The number of carbonyl (C=O) groups excluding carboxylic acids is 1. The molecule has 3 rings (SSSR count). The lowest BCUT2D eigenvalue weighted by Gasteiger charge is -2.08. The number of para-hydroxylation sites is 2. The van der Waals surface area contributed by atoms with Crippen LogP contribution in [0.2, 0.25) is 0 Å². The predicted molar refractivity (Wildman–Crippen MR) is 106 cm³/mol. The maximum atomic E-state index is 12.4. The zero-order chi connectivity index (χ0) is 18.4. The monoisotopic (exact) mass is 367 g/mol. The molecule has 0 saturated carbocycles. The Morgan fingerprint density at radius 1 is 1.08 bits per heavy atom. The highest BCUT2D eigenvalue weighted by Crippen LogP contribution is 2.23. The number of nitrogens with zero attached hydrogens (tertiary/aromatic N) is 1. The number of aryl methyl sites for hydroxylation is 2. The smallest absolute Gasteiger partial charge is 0.267 e. The zero-order valence-corrected chi connectivity index (χ0v) is 15.6. The number of rotatable bonds is 7. The molecule has 2 N–H and O–H groups in total. The number of ether oxygens (including phenoxy) is 1. The normalized spacial score (nSPS) is 10.4. The van der Waals surface area contributed by atoms with E-state index in [9.17, 15) is 4.79 Å². The van der Waals surface area contributed by atoms with Gasteiger partial charge in [-0.05, 0) is 37.6 Å². The van der Waals surface area contributed by atoms with E-state index in [1.54, 1.807) is 0 Å². The average Bonchev–Trinajstić information content (AvgIpc) is 3.02. The van der Waals surface area contributed by atoms with Crippen molar-refractivity contribution in [2.45, 2.75) is 13.8 Å². The molecule has 0 aliphatic rings. The van der Waals surface area contributed by atoms with E-state index in [2.05, 4.69) is 15.6 Å². The van der Waals surface area contributed by atoms with Gasteiger partial charge in [0.2, 0.25) is 0 Å². The van der Waals surface area contributed by atoms with E-state index in [1.165, 1.54) is 11.3 Å². The molecule has 0 spiro atoms. The van der Waals surface area contributed by atoms with Gasteiger partial charge in [0, 0.05) is 5.69 Å². The molecular weight excluding hydrogens is 346 g/mol. The van der Waals surface area contributed by atoms with Crippen molar-refractivity contribution in [1.29, 1.82) is 0 Å². The van der Waals surface area contributed by atoms with Gasteiger partial charge in [-0.2, -0.15) is 0 Å². The lowest BCUT2D eigenvalue weighted by Crippen LogP contribution is -2.11. The Labute approximate surface area is 157 Å². The van der Waals surface area contributed by atoms with Crippen LogP contribution < -0.4 is 15.4 Å². The number of hydrogen-bond acceptors (Lipinski definition) is 5.